The van der Waals surface area contributed by atoms with Gasteiger partial charge in [-0.3, -0.25) is 4.55 Å². The summed E-state index contributed by atoms with van der Waals surface area (Å²) in [6, 6.07) is 15.6. The minimum Gasteiger partial charge on any atom is -0.477 e. The van der Waals surface area contributed by atoms with Crippen LogP contribution in [0, 0.1) is 6.92 Å². The Balaban J connectivity index is 2.20. The Bertz CT molecular complexity index is 1000. The van der Waals surface area contributed by atoms with Crippen LogP contribution in [0.15, 0.2) is 54.6 Å². The molecule has 1 heterocycles. The van der Waals surface area contributed by atoms with Gasteiger partial charge in [-0.15, -0.1) is 11.3 Å². The molecule has 134 valence electrons. The molecule has 0 bridgehead atoms. The number of aryl methyl sites for hydroxylation is 1. The Morgan fingerprint density at radius 1 is 1.12 bits per heavy atom. The third kappa shape index (κ3) is 3.66. The van der Waals surface area contributed by atoms with Gasteiger partial charge in [-0.25, -0.2) is 13.3 Å². The van der Waals surface area contributed by atoms with E-state index >= 15 is 0 Å². The van der Waals surface area contributed by atoms with E-state index < -0.39 is 17.2 Å². The molecular formula is C18H14ClNO4S2. The topological polar surface area (TPSA) is 77.8 Å². The summed E-state index contributed by atoms with van der Waals surface area (Å²) in [6.45, 7) is 1.79. The number of para-hydroxylation sites is 1. The molecular weight excluding hydrogens is 394 g/mol. The second-order valence-electron chi connectivity index (χ2n) is 5.45. The number of hydrogen-bond donors (Lipinski definition) is 2. The molecule has 0 aliphatic rings. The molecule has 1 aromatic heterocycles. The van der Waals surface area contributed by atoms with E-state index in [0.717, 1.165) is 26.8 Å². The number of rotatable bonds is 5. The van der Waals surface area contributed by atoms with Crippen LogP contribution in [0.4, 0.5) is 11.4 Å². The second-order valence-corrected chi connectivity index (χ2v) is 7.77. The number of aromatic carboxylic acids is 1. The number of hydrogen-bond acceptors (Lipinski definition) is 3. The summed E-state index contributed by atoms with van der Waals surface area (Å²) in [6.07, 6.45) is 0. The van der Waals surface area contributed by atoms with Crippen LogP contribution in [-0.4, -0.2) is 19.8 Å². The normalized spacial score (nSPS) is 12.0. The molecule has 26 heavy (non-hydrogen) atoms. The zero-order valence-corrected chi connectivity index (χ0v) is 15.9. The minimum atomic E-state index is -2.44. The van der Waals surface area contributed by atoms with Crippen molar-refractivity contribution in [2.24, 2.45) is 0 Å². The molecule has 0 spiro atoms. The fourth-order valence-electron chi connectivity index (χ4n) is 2.56. The van der Waals surface area contributed by atoms with E-state index in [9.17, 15) is 18.7 Å². The molecule has 0 radical (unpaired) electrons. The fraction of sp³-hybridized carbons (Fsp3) is 0.0556. The summed E-state index contributed by atoms with van der Waals surface area (Å²) in [4.78, 5) is 12.4. The monoisotopic (exact) mass is 407 g/mol. The van der Waals surface area contributed by atoms with Gasteiger partial charge in [-0.05, 0) is 42.3 Å². The van der Waals surface area contributed by atoms with Crippen molar-refractivity contribution in [3.8, 4) is 10.4 Å². The van der Waals surface area contributed by atoms with Crippen LogP contribution in [0.2, 0.25) is 5.02 Å². The smallest absolute Gasteiger partial charge is 0.348 e. The molecule has 1 atom stereocenters. The number of nitrogens with zero attached hydrogens (tertiary/aromatic N) is 1. The molecule has 3 aromatic rings. The molecule has 8 heteroatoms. The van der Waals surface area contributed by atoms with Gasteiger partial charge in [0, 0.05) is 9.90 Å². The summed E-state index contributed by atoms with van der Waals surface area (Å²) >= 11 is 4.61. The van der Waals surface area contributed by atoms with Crippen molar-refractivity contribution in [2.45, 2.75) is 6.92 Å². The average molecular weight is 408 g/mol. The predicted octanol–water partition coefficient (Wildman–Crippen LogP) is 5.35. The molecule has 0 saturated heterocycles. The van der Waals surface area contributed by atoms with Crippen LogP contribution in [0.1, 0.15) is 15.2 Å². The fourth-order valence-corrected chi connectivity index (χ4v) is 4.47. The van der Waals surface area contributed by atoms with Gasteiger partial charge in [0.1, 0.15) is 4.88 Å². The third-order valence-electron chi connectivity index (χ3n) is 3.73. The van der Waals surface area contributed by atoms with Gasteiger partial charge in [0.2, 0.25) is 0 Å². The Labute approximate surface area is 161 Å². The average Bonchev–Trinajstić information content (AvgIpc) is 3.02. The first kappa shape index (κ1) is 18.6. The molecule has 0 amide bonds. The Morgan fingerprint density at radius 3 is 2.46 bits per heavy atom. The summed E-state index contributed by atoms with van der Waals surface area (Å²) < 4.78 is 23.0. The lowest BCUT2D eigenvalue weighted by atomic mass is 10.1. The van der Waals surface area contributed by atoms with Crippen LogP contribution < -0.4 is 4.31 Å². The first-order valence-electron chi connectivity index (χ1n) is 7.48. The summed E-state index contributed by atoms with van der Waals surface area (Å²) in [5.74, 6) is -1.16. The highest BCUT2D eigenvalue weighted by Crippen LogP contribution is 2.41. The molecule has 0 saturated carbocycles. The molecule has 0 aliphatic heterocycles. The highest BCUT2D eigenvalue weighted by molar-refractivity contribution is 7.81. The molecule has 1 unspecified atom stereocenters. The number of carbonyl (C=O) groups is 1. The number of benzene rings is 2. The zero-order valence-electron chi connectivity index (χ0n) is 13.5. The Hall–Kier alpha value is -2.19. The maximum absolute atomic E-state index is 12.1. The van der Waals surface area contributed by atoms with E-state index in [1.807, 2.05) is 0 Å². The van der Waals surface area contributed by atoms with E-state index in [1.54, 1.807) is 61.5 Å². The number of halogens is 1. The standard InChI is InChI=1S/C18H14ClNO4S2/c1-11-5-2-3-8-14(11)20(26(23)24)15-10-16(25-17(15)18(21)22)12-6-4-7-13(19)9-12/h2-10H,1H3,(H,21,22)(H,23,24). The van der Waals surface area contributed by atoms with E-state index in [2.05, 4.69) is 0 Å². The second kappa shape index (κ2) is 7.59. The van der Waals surface area contributed by atoms with Crippen molar-refractivity contribution in [1.82, 2.24) is 0 Å². The van der Waals surface area contributed by atoms with Crippen molar-refractivity contribution in [3.05, 3.63) is 70.1 Å². The minimum absolute atomic E-state index is 0.0226. The number of anilines is 2. The van der Waals surface area contributed by atoms with Crippen molar-refractivity contribution < 1.29 is 18.7 Å². The van der Waals surface area contributed by atoms with Crippen LogP contribution in [0.5, 0.6) is 0 Å². The summed E-state index contributed by atoms with van der Waals surface area (Å²) in [7, 11) is 0. The van der Waals surface area contributed by atoms with Gasteiger partial charge in [0.15, 0.2) is 0 Å². The van der Waals surface area contributed by atoms with Gasteiger partial charge in [-0.2, -0.15) is 0 Å². The number of carboxylic acids is 1. The maximum atomic E-state index is 12.1. The molecule has 5 nitrogen and oxygen atoms in total. The Morgan fingerprint density at radius 2 is 1.85 bits per heavy atom. The molecule has 2 aromatic carbocycles. The lowest BCUT2D eigenvalue weighted by Crippen LogP contribution is -2.21. The molecule has 3 rings (SSSR count). The van der Waals surface area contributed by atoms with Crippen molar-refractivity contribution >= 4 is 51.5 Å². The first-order valence-corrected chi connectivity index (χ1v) is 9.74. The van der Waals surface area contributed by atoms with Gasteiger partial charge in [-0.1, -0.05) is 41.9 Å². The molecule has 2 N–H and O–H groups in total. The van der Waals surface area contributed by atoms with Gasteiger partial charge in [0.25, 0.3) is 11.3 Å². The molecule has 0 aliphatic carbocycles. The maximum Gasteiger partial charge on any atom is 0.348 e. The summed E-state index contributed by atoms with van der Waals surface area (Å²) in [5, 5.41) is 10.1. The number of thiophene rings is 1. The van der Waals surface area contributed by atoms with Crippen LogP contribution in [0.3, 0.4) is 0 Å². The van der Waals surface area contributed by atoms with Gasteiger partial charge < -0.3 is 5.11 Å². The van der Waals surface area contributed by atoms with Gasteiger partial charge in [0.05, 0.1) is 11.4 Å². The van der Waals surface area contributed by atoms with Crippen LogP contribution in [-0.2, 0) is 11.3 Å². The largest absolute Gasteiger partial charge is 0.477 e. The predicted molar refractivity (Wildman–Crippen MR) is 106 cm³/mol. The lowest BCUT2D eigenvalue weighted by molar-refractivity contribution is 0.0703. The van der Waals surface area contributed by atoms with Crippen molar-refractivity contribution in [1.29, 1.82) is 0 Å². The van der Waals surface area contributed by atoms with E-state index in [4.69, 9.17) is 11.6 Å². The van der Waals surface area contributed by atoms with Gasteiger partial charge >= 0.3 is 5.97 Å². The SMILES string of the molecule is Cc1ccccc1N(c1cc(-c2cccc(Cl)c2)sc1C(=O)O)S(=O)O. The van der Waals surface area contributed by atoms with Crippen LogP contribution >= 0.6 is 22.9 Å². The lowest BCUT2D eigenvalue weighted by Gasteiger charge is -2.21. The first-order chi connectivity index (χ1) is 12.4. The van der Waals surface area contributed by atoms with E-state index in [1.165, 1.54) is 0 Å². The highest BCUT2D eigenvalue weighted by atomic mass is 35.5. The van der Waals surface area contributed by atoms with E-state index in [0.29, 0.717) is 15.6 Å². The quantitative estimate of drug-likeness (QED) is 0.559. The van der Waals surface area contributed by atoms with Crippen LogP contribution in [0.25, 0.3) is 10.4 Å². The highest BCUT2D eigenvalue weighted by Gasteiger charge is 2.26. The summed E-state index contributed by atoms with van der Waals surface area (Å²) in [5.41, 5.74) is 2.12. The zero-order chi connectivity index (χ0) is 18.8. The Kier molecular flexibility index (Phi) is 5.43. The van der Waals surface area contributed by atoms with Crippen molar-refractivity contribution in [3.63, 3.8) is 0 Å². The molecule has 0 fully saturated rings. The van der Waals surface area contributed by atoms with E-state index in [-0.39, 0.29) is 10.6 Å². The van der Waals surface area contributed by atoms with Crippen molar-refractivity contribution in [2.75, 3.05) is 4.31 Å². The third-order valence-corrected chi connectivity index (χ3v) is 5.83. The number of carboxylic acid groups (broad SMARTS) is 1.